The lowest BCUT2D eigenvalue weighted by Gasteiger charge is -2.37. The molecule has 4 atom stereocenters. The van der Waals surface area contributed by atoms with Crippen molar-refractivity contribution in [3.63, 3.8) is 0 Å². The molecule has 3 fully saturated rings. The van der Waals surface area contributed by atoms with Gasteiger partial charge in [0.15, 0.2) is 0 Å². The second-order valence-electron chi connectivity index (χ2n) is 7.27. The number of nitrogens with one attached hydrogen (secondary N) is 1. The number of fused-ring (bicyclic) bond motifs is 1. The van der Waals surface area contributed by atoms with Gasteiger partial charge in [0.05, 0.1) is 0 Å². The van der Waals surface area contributed by atoms with Gasteiger partial charge in [-0.15, -0.1) is 0 Å². The third-order valence-corrected chi connectivity index (χ3v) is 5.64. The van der Waals surface area contributed by atoms with Crippen LogP contribution in [0.5, 0.6) is 0 Å². The summed E-state index contributed by atoms with van der Waals surface area (Å²) in [7, 11) is 4.47. The number of hydrogen-bond acceptors (Lipinski definition) is 3. The molecule has 19 heavy (non-hydrogen) atoms. The molecular weight excluding hydrogens is 234 g/mol. The first-order valence-electron chi connectivity index (χ1n) is 8.37. The van der Waals surface area contributed by atoms with Gasteiger partial charge < -0.3 is 15.1 Å². The summed E-state index contributed by atoms with van der Waals surface area (Å²) in [5.41, 5.74) is 0. The normalized spacial score (nSPS) is 40.6. The van der Waals surface area contributed by atoms with Gasteiger partial charge in [0.1, 0.15) is 0 Å². The molecule has 110 valence electrons. The van der Waals surface area contributed by atoms with E-state index in [9.17, 15) is 0 Å². The second-order valence-corrected chi connectivity index (χ2v) is 7.27. The third kappa shape index (κ3) is 3.32. The molecule has 0 aromatic heterocycles. The number of piperidine rings is 1. The summed E-state index contributed by atoms with van der Waals surface area (Å²) in [4.78, 5) is 5.12. The molecule has 3 aliphatic rings. The molecule has 3 heteroatoms. The standard InChI is InChI=1S/C16H31N3/c1-18(2)15-7-5-9-19(12-15)11-14-10-13-6-3-4-8-16(13)17-14/h13-17H,3-12H2,1-2H3. The Hall–Kier alpha value is -0.120. The van der Waals surface area contributed by atoms with Crippen LogP contribution in [-0.2, 0) is 0 Å². The first kappa shape index (κ1) is 13.8. The molecule has 3 nitrogen and oxygen atoms in total. The highest BCUT2D eigenvalue weighted by Crippen LogP contribution is 2.33. The van der Waals surface area contributed by atoms with Gasteiger partial charge in [-0.2, -0.15) is 0 Å². The second kappa shape index (κ2) is 6.11. The zero-order valence-corrected chi connectivity index (χ0v) is 12.8. The maximum absolute atomic E-state index is 3.93. The fraction of sp³-hybridized carbons (Fsp3) is 1.00. The minimum absolute atomic E-state index is 0.772. The summed E-state index contributed by atoms with van der Waals surface area (Å²) in [5.74, 6) is 0.994. The lowest BCUT2D eigenvalue weighted by atomic mass is 9.85. The van der Waals surface area contributed by atoms with Gasteiger partial charge in [0, 0.05) is 31.2 Å². The predicted molar refractivity (Wildman–Crippen MR) is 80.4 cm³/mol. The Kier molecular flexibility index (Phi) is 4.45. The van der Waals surface area contributed by atoms with E-state index in [2.05, 4.69) is 29.2 Å². The van der Waals surface area contributed by atoms with Gasteiger partial charge >= 0.3 is 0 Å². The minimum Gasteiger partial charge on any atom is -0.310 e. The Morgan fingerprint density at radius 1 is 1.11 bits per heavy atom. The number of likely N-dealkylation sites (N-methyl/N-ethyl adjacent to an activating group) is 1. The highest BCUT2D eigenvalue weighted by Gasteiger charge is 2.36. The van der Waals surface area contributed by atoms with Gasteiger partial charge in [0.2, 0.25) is 0 Å². The average molecular weight is 265 g/mol. The van der Waals surface area contributed by atoms with E-state index in [0.29, 0.717) is 0 Å². The summed E-state index contributed by atoms with van der Waals surface area (Å²) >= 11 is 0. The molecule has 1 aliphatic carbocycles. The highest BCUT2D eigenvalue weighted by atomic mass is 15.2. The van der Waals surface area contributed by atoms with Gasteiger partial charge in [0.25, 0.3) is 0 Å². The van der Waals surface area contributed by atoms with Crippen LogP contribution in [-0.4, -0.2) is 61.7 Å². The largest absolute Gasteiger partial charge is 0.310 e. The lowest BCUT2D eigenvalue weighted by molar-refractivity contribution is 0.125. The molecule has 3 rings (SSSR count). The number of rotatable bonds is 3. The van der Waals surface area contributed by atoms with Crippen molar-refractivity contribution in [1.82, 2.24) is 15.1 Å². The van der Waals surface area contributed by atoms with E-state index in [0.717, 1.165) is 24.0 Å². The van der Waals surface area contributed by atoms with E-state index >= 15 is 0 Å². The molecular formula is C16H31N3. The zero-order valence-electron chi connectivity index (χ0n) is 12.8. The minimum atomic E-state index is 0.772. The van der Waals surface area contributed by atoms with Crippen LogP contribution < -0.4 is 5.32 Å². The molecule has 0 aromatic rings. The van der Waals surface area contributed by atoms with Crippen molar-refractivity contribution in [2.45, 2.75) is 63.1 Å². The predicted octanol–water partition coefficient (Wildman–Crippen LogP) is 1.93. The summed E-state index contributed by atoms with van der Waals surface area (Å²) in [6.07, 6.45) is 10.0. The fourth-order valence-electron chi connectivity index (χ4n) is 4.50. The van der Waals surface area contributed by atoms with E-state index < -0.39 is 0 Å². The molecule has 2 aliphatic heterocycles. The maximum atomic E-state index is 3.93. The first-order valence-corrected chi connectivity index (χ1v) is 8.37. The van der Waals surface area contributed by atoms with Crippen LogP contribution in [0.3, 0.4) is 0 Å². The maximum Gasteiger partial charge on any atom is 0.0217 e. The molecule has 0 bridgehead atoms. The van der Waals surface area contributed by atoms with Crippen LogP contribution in [0.4, 0.5) is 0 Å². The summed E-state index contributed by atoms with van der Waals surface area (Å²) in [6.45, 7) is 3.88. The van der Waals surface area contributed by atoms with E-state index in [1.54, 1.807) is 0 Å². The smallest absolute Gasteiger partial charge is 0.0217 e. The summed E-state index contributed by atoms with van der Waals surface area (Å²) in [5, 5.41) is 3.93. The van der Waals surface area contributed by atoms with Crippen LogP contribution in [0.1, 0.15) is 44.9 Å². The molecule has 4 unspecified atom stereocenters. The fourth-order valence-corrected chi connectivity index (χ4v) is 4.50. The summed E-state index contributed by atoms with van der Waals surface area (Å²) in [6, 6.07) is 2.40. The molecule has 1 N–H and O–H groups in total. The zero-order chi connectivity index (χ0) is 13.2. The van der Waals surface area contributed by atoms with Crippen LogP contribution >= 0.6 is 0 Å². The number of nitrogens with zero attached hydrogens (tertiary/aromatic N) is 2. The summed E-state index contributed by atoms with van der Waals surface area (Å²) < 4.78 is 0. The van der Waals surface area contributed by atoms with Crippen molar-refractivity contribution in [2.24, 2.45) is 5.92 Å². The quantitative estimate of drug-likeness (QED) is 0.841. The van der Waals surface area contributed by atoms with Crippen molar-refractivity contribution >= 4 is 0 Å². The average Bonchev–Trinajstić information content (AvgIpc) is 2.81. The van der Waals surface area contributed by atoms with Crippen molar-refractivity contribution in [1.29, 1.82) is 0 Å². The monoisotopic (exact) mass is 265 g/mol. The third-order valence-electron chi connectivity index (χ3n) is 5.64. The molecule has 0 amide bonds. The van der Waals surface area contributed by atoms with Gasteiger partial charge in [-0.25, -0.2) is 0 Å². The Morgan fingerprint density at radius 3 is 2.74 bits per heavy atom. The Morgan fingerprint density at radius 2 is 1.95 bits per heavy atom. The van der Waals surface area contributed by atoms with E-state index in [1.165, 1.54) is 64.6 Å². The molecule has 0 spiro atoms. The van der Waals surface area contributed by atoms with Crippen molar-refractivity contribution in [3.8, 4) is 0 Å². The Labute approximate surface area is 118 Å². The molecule has 2 saturated heterocycles. The Bertz CT molecular complexity index is 278. The van der Waals surface area contributed by atoms with Crippen molar-refractivity contribution in [3.05, 3.63) is 0 Å². The van der Waals surface area contributed by atoms with Gasteiger partial charge in [-0.3, -0.25) is 0 Å². The van der Waals surface area contributed by atoms with E-state index in [-0.39, 0.29) is 0 Å². The van der Waals surface area contributed by atoms with Crippen LogP contribution in [0.25, 0.3) is 0 Å². The van der Waals surface area contributed by atoms with Crippen LogP contribution in [0, 0.1) is 5.92 Å². The van der Waals surface area contributed by atoms with Crippen LogP contribution in [0.2, 0.25) is 0 Å². The first-order chi connectivity index (χ1) is 9.22. The number of likely N-dealkylation sites (tertiary alicyclic amines) is 1. The van der Waals surface area contributed by atoms with Gasteiger partial charge in [-0.1, -0.05) is 12.8 Å². The molecule has 1 saturated carbocycles. The topological polar surface area (TPSA) is 18.5 Å². The molecule has 0 radical (unpaired) electrons. The number of hydrogen-bond donors (Lipinski definition) is 1. The van der Waals surface area contributed by atoms with Crippen molar-refractivity contribution in [2.75, 3.05) is 33.7 Å². The van der Waals surface area contributed by atoms with Crippen LogP contribution in [0.15, 0.2) is 0 Å². The van der Waals surface area contributed by atoms with Gasteiger partial charge in [-0.05, 0) is 58.7 Å². The SMILES string of the molecule is CN(C)C1CCCN(CC2CC3CCCCC3N2)C1. The van der Waals surface area contributed by atoms with E-state index in [1.807, 2.05) is 0 Å². The Balaban J connectivity index is 1.49. The molecule has 2 heterocycles. The van der Waals surface area contributed by atoms with E-state index in [4.69, 9.17) is 0 Å². The lowest BCUT2D eigenvalue weighted by Crippen LogP contribution is -2.49. The molecule has 0 aromatic carbocycles. The highest BCUT2D eigenvalue weighted by molar-refractivity contribution is 4.94. The van der Waals surface area contributed by atoms with Crippen molar-refractivity contribution < 1.29 is 0 Å².